The van der Waals surface area contributed by atoms with Crippen LogP contribution >= 0.6 is 11.6 Å². The molecule has 0 amide bonds. The maximum atomic E-state index is 13.3. The van der Waals surface area contributed by atoms with Crippen LogP contribution in [0.25, 0.3) is 11.0 Å². The highest BCUT2D eigenvalue weighted by Gasteiger charge is 2.35. The number of fused-ring (bicyclic) bond motifs is 3. The van der Waals surface area contributed by atoms with Crippen LogP contribution in [0, 0.1) is 0 Å². The number of carbonyl (C=O) groups excluding carboxylic acids is 1. The van der Waals surface area contributed by atoms with Crippen molar-refractivity contribution in [2.75, 3.05) is 11.9 Å². The van der Waals surface area contributed by atoms with E-state index in [1.54, 1.807) is 0 Å². The van der Waals surface area contributed by atoms with Crippen LogP contribution in [-0.4, -0.2) is 22.1 Å². The standard InChI is InChI=1S/C26H30ClN3O2/c1-3-4-5-6-7-10-16-32-25(31)23-18(2)28-26-29-21-14-8-9-15-22(21)30(26)24(23)19-12-11-13-20(27)17-19/h8-9,11-15,17,24H,3-7,10,16H2,1-2H3,(H,28,29)/t24-/m1/s1. The van der Waals surface area contributed by atoms with E-state index in [0.717, 1.165) is 35.1 Å². The number of unbranched alkanes of at least 4 members (excludes halogenated alkanes) is 5. The lowest BCUT2D eigenvalue weighted by Crippen LogP contribution is -2.29. The molecule has 1 aliphatic rings. The summed E-state index contributed by atoms with van der Waals surface area (Å²) in [7, 11) is 0. The van der Waals surface area contributed by atoms with Crippen molar-refractivity contribution in [3.05, 3.63) is 70.4 Å². The molecule has 2 heterocycles. The topological polar surface area (TPSA) is 56.1 Å². The summed E-state index contributed by atoms with van der Waals surface area (Å²) >= 11 is 6.33. The van der Waals surface area contributed by atoms with Crippen LogP contribution in [0.4, 0.5) is 5.95 Å². The summed E-state index contributed by atoms with van der Waals surface area (Å²) in [6.07, 6.45) is 6.88. The molecule has 0 saturated carbocycles. The predicted molar refractivity (Wildman–Crippen MR) is 130 cm³/mol. The van der Waals surface area contributed by atoms with Crippen LogP contribution in [0.15, 0.2) is 59.8 Å². The van der Waals surface area contributed by atoms with E-state index in [1.807, 2.05) is 55.5 Å². The molecule has 1 aliphatic heterocycles. The number of anilines is 1. The number of nitrogens with zero attached hydrogens (tertiary/aromatic N) is 2. The molecule has 4 rings (SSSR count). The molecule has 6 heteroatoms. The van der Waals surface area contributed by atoms with Crippen LogP contribution in [0.5, 0.6) is 0 Å². The summed E-state index contributed by atoms with van der Waals surface area (Å²) in [5.41, 5.74) is 4.10. The number of aromatic nitrogens is 2. The Balaban J connectivity index is 1.62. The first kappa shape index (κ1) is 22.4. The highest BCUT2D eigenvalue weighted by atomic mass is 35.5. The highest BCUT2D eigenvalue weighted by molar-refractivity contribution is 6.30. The Morgan fingerprint density at radius 2 is 1.88 bits per heavy atom. The van der Waals surface area contributed by atoms with Crippen LogP contribution in [-0.2, 0) is 9.53 Å². The summed E-state index contributed by atoms with van der Waals surface area (Å²) < 4.78 is 7.81. The largest absolute Gasteiger partial charge is 0.462 e. The van der Waals surface area contributed by atoms with Gasteiger partial charge in [0.1, 0.15) is 0 Å². The molecule has 0 unspecified atom stereocenters. The number of halogens is 1. The Kier molecular flexibility index (Phi) is 7.15. The Bertz CT molecular complexity index is 1140. The van der Waals surface area contributed by atoms with Gasteiger partial charge in [-0.3, -0.25) is 4.57 Å². The maximum Gasteiger partial charge on any atom is 0.338 e. The van der Waals surface area contributed by atoms with E-state index in [-0.39, 0.29) is 12.0 Å². The molecule has 168 valence electrons. The fraction of sp³-hybridized carbons (Fsp3) is 0.385. The zero-order valence-electron chi connectivity index (χ0n) is 18.7. The second kappa shape index (κ2) is 10.2. The van der Waals surface area contributed by atoms with Gasteiger partial charge in [0.25, 0.3) is 0 Å². The van der Waals surface area contributed by atoms with Gasteiger partial charge < -0.3 is 10.1 Å². The number of hydrogen-bond acceptors (Lipinski definition) is 4. The van der Waals surface area contributed by atoms with Crippen molar-refractivity contribution in [2.24, 2.45) is 0 Å². The van der Waals surface area contributed by atoms with Crippen molar-refractivity contribution in [3.63, 3.8) is 0 Å². The Labute approximate surface area is 194 Å². The summed E-state index contributed by atoms with van der Waals surface area (Å²) in [5, 5.41) is 3.95. The Hall–Kier alpha value is -2.79. The van der Waals surface area contributed by atoms with E-state index in [4.69, 9.17) is 21.3 Å². The zero-order chi connectivity index (χ0) is 22.5. The van der Waals surface area contributed by atoms with Crippen molar-refractivity contribution < 1.29 is 9.53 Å². The molecule has 1 aromatic heterocycles. The minimum Gasteiger partial charge on any atom is -0.462 e. The lowest BCUT2D eigenvalue weighted by atomic mass is 9.95. The molecule has 5 nitrogen and oxygen atoms in total. The number of rotatable bonds is 9. The van der Waals surface area contributed by atoms with Gasteiger partial charge in [0.15, 0.2) is 0 Å². The van der Waals surface area contributed by atoms with Gasteiger partial charge in [0, 0.05) is 10.7 Å². The average molecular weight is 452 g/mol. The van der Waals surface area contributed by atoms with Crippen LogP contribution in [0.2, 0.25) is 5.02 Å². The van der Waals surface area contributed by atoms with Gasteiger partial charge in [-0.2, -0.15) is 0 Å². The third kappa shape index (κ3) is 4.68. The quantitative estimate of drug-likeness (QED) is 0.284. The molecular formula is C26H30ClN3O2. The number of nitrogens with one attached hydrogen (secondary N) is 1. The van der Waals surface area contributed by atoms with Gasteiger partial charge in [-0.25, -0.2) is 9.78 Å². The molecule has 0 radical (unpaired) electrons. The van der Waals surface area contributed by atoms with Crippen molar-refractivity contribution in [2.45, 2.75) is 58.4 Å². The fourth-order valence-corrected chi connectivity index (χ4v) is 4.54. The van der Waals surface area contributed by atoms with Gasteiger partial charge in [0.2, 0.25) is 5.95 Å². The van der Waals surface area contributed by atoms with E-state index < -0.39 is 0 Å². The third-order valence-electron chi connectivity index (χ3n) is 5.95. The Morgan fingerprint density at radius 3 is 2.69 bits per heavy atom. The molecule has 2 aromatic carbocycles. The van der Waals surface area contributed by atoms with E-state index in [9.17, 15) is 4.79 Å². The smallest absolute Gasteiger partial charge is 0.338 e. The van der Waals surface area contributed by atoms with Crippen molar-refractivity contribution in [1.82, 2.24) is 9.55 Å². The number of benzene rings is 2. The molecule has 0 fully saturated rings. The molecule has 3 aromatic rings. The maximum absolute atomic E-state index is 13.3. The van der Waals surface area contributed by atoms with E-state index >= 15 is 0 Å². The third-order valence-corrected chi connectivity index (χ3v) is 6.18. The first-order valence-electron chi connectivity index (χ1n) is 11.5. The minimum atomic E-state index is -0.366. The number of ether oxygens (including phenoxy) is 1. The monoisotopic (exact) mass is 451 g/mol. The first-order chi connectivity index (χ1) is 15.6. The molecule has 0 saturated heterocycles. The second-order valence-electron chi connectivity index (χ2n) is 8.32. The molecule has 32 heavy (non-hydrogen) atoms. The minimum absolute atomic E-state index is 0.294. The SMILES string of the molecule is CCCCCCCCOC(=O)C1=C(C)Nc2nc3ccccc3n2[C@@H]1c1cccc(Cl)c1. The fourth-order valence-electron chi connectivity index (χ4n) is 4.35. The van der Waals surface area contributed by atoms with Crippen molar-refractivity contribution in [3.8, 4) is 0 Å². The Morgan fingerprint density at radius 1 is 1.09 bits per heavy atom. The van der Waals surface area contributed by atoms with Crippen LogP contribution in [0.3, 0.4) is 0 Å². The first-order valence-corrected chi connectivity index (χ1v) is 11.8. The van der Waals surface area contributed by atoms with Crippen molar-refractivity contribution >= 4 is 34.6 Å². The number of allylic oxidation sites excluding steroid dienone is 1. The number of imidazole rings is 1. The van der Waals surface area contributed by atoms with Gasteiger partial charge in [0.05, 0.1) is 29.3 Å². The normalized spacial score (nSPS) is 15.5. The summed E-state index contributed by atoms with van der Waals surface area (Å²) in [5.74, 6) is 0.415. The predicted octanol–water partition coefficient (Wildman–Crippen LogP) is 6.88. The van der Waals surface area contributed by atoms with Crippen LogP contribution < -0.4 is 5.32 Å². The second-order valence-corrected chi connectivity index (χ2v) is 8.76. The van der Waals surface area contributed by atoms with E-state index in [2.05, 4.69) is 16.8 Å². The van der Waals surface area contributed by atoms with Crippen molar-refractivity contribution in [1.29, 1.82) is 0 Å². The molecular weight excluding hydrogens is 422 g/mol. The summed E-state index contributed by atoms with van der Waals surface area (Å²) in [6, 6.07) is 15.2. The number of hydrogen-bond donors (Lipinski definition) is 1. The van der Waals surface area contributed by atoms with Gasteiger partial charge >= 0.3 is 5.97 Å². The lowest BCUT2D eigenvalue weighted by Gasteiger charge is -2.30. The number of carbonyl (C=O) groups is 1. The van der Waals surface area contributed by atoms with Gasteiger partial charge in [-0.05, 0) is 43.2 Å². The molecule has 1 atom stereocenters. The van der Waals surface area contributed by atoms with Gasteiger partial charge in [-0.15, -0.1) is 0 Å². The molecule has 1 N–H and O–H groups in total. The van der Waals surface area contributed by atoms with E-state index in [1.165, 1.54) is 25.7 Å². The van der Waals surface area contributed by atoms with Gasteiger partial charge in [-0.1, -0.05) is 74.9 Å². The molecule has 0 spiro atoms. The summed E-state index contributed by atoms with van der Waals surface area (Å²) in [4.78, 5) is 18.0. The number of esters is 1. The zero-order valence-corrected chi connectivity index (χ0v) is 19.5. The summed E-state index contributed by atoms with van der Waals surface area (Å²) in [6.45, 7) is 4.55. The molecule has 0 bridgehead atoms. The highest BCUT2D eigenvalue weighted by Crippen LogP contribution is 2.40. The van der Waals surface area contributed by atoms with E-state index in [0.29, 0.717) is 23.2 Å². The lowest BCUT2D eigenvalue weighted by molar-refractivity contribution is -0.139. The molecule has 0 aliphatic carbocycles. The van der Waals surface area contributed by atoms with Crippen LogP contribution in [0.1, 0.15) is 64.0 Å². The average Bonchev–Trinajstić information content (AvgIpc) is 3.15. The number of para-hydroxylation sites is 2.